The van der Waals surface area contributed by atoms with E-state index < -0.39 is 12.2 Å². The first kappa shape index (κ1) is 14.5. The quantitative estimate of drug-likeness (QED) is 0.808. The fraction of sp³-hybridized carbons (Fsp3) is 0.500. The Balaban J connectivity index is 2.40. The van der Waals surface area contributed by atoms with E-state index in [2.05, 4.69) is 5.32 Å². The Morgan fingerprint density at radius 3 is 2.78 bits per heavy atom. The highest BCUT2D eigenvalue weighted by molar-refractivity contribution is 5.80. The van der Waals surface area contributed by atoms with Crippen LogP contribution in [0.3, 0.4) is 0 Å². The van der Waals surface area contributed by atoms with Crippen LogP contribution in [-0.4, -0.2) is 29.8 Å². The van der Waals surface area contributed by atoms with Gasteiger partial charge in [0.2, 0.25) is 0 Å². The standard InChI is InChI=1S/C14H21NO3/c1-10-5-4-6-13(9-10)18-12(3)14(17)15-8-7-11(2)16/h4-6,9,11-12,16H,7-8H2,1-3H3,(H,15,17). The molecule has 2 N–H and O–H groups in total. The van der Waals surface area contributed by atoms with E-state index in [1.54, 1.807) is 13.8 Å². The summed E-state index contributed by atoms with van der Waals surface area (Å²) in [6.07, 6.45) is -0.401. The number of aliphatic hydroxyl groups excluding tert-OH is 1. The van der Waals surface area contributed by atoms with Crippen LogP contribution in [0.1, 0.15) is 25.8 Å². The number of nitrogens with one attached hydrogen (secondary N) is 1. The zero-order chi connectivity index (χ0) is 13.5. The molecule has 0 radical (unpaired) electrons. The number of aliphatic hydroxyl groups is 1. The zero-order valence-corrected chi connectivity index (χ0v) is 11.1. The van der Waals surface area contributed by atoms with E-state index in [1.807, 2.05) is 31.2 Å². The molecule has 0 saturated carbocycles. The van der Waals surface area contributed by atoms with E-state index in [4.69, 9.17) is 9.84 Å². The summed E-state index contributed by atoms with van der Waals surface area (Å²) in [4.78, 5) is 11.7. The highest BCUT2D eigenvalue weighted by Gasteiger charge is 2.14. The van der Waals surface area contributed by atoms with Crippen molar-refractivity contribution in [1.29, 1.82) is 0 Å². The molecule has 1 amide bonds. The van der Waals surface area contributed by atoms with Gasteiger partial charge in [0.1, 0.15) is 5.75 Å². The zero-order valence-electron chi connectivity index (χ0n) is 11.1. The summed E-state index contributed by atoms with van der Waals surface area (Å²) in [7, 11) is 0. The molecule has 0 aliphatic rings. The third-order valence-electron chi connectivity index (χ3n) is 2.53. The van der Waals surface area contributed by atoms with Crippen molar-refractivity contribution in [1.82, 2.24) is 5.32 Å². The smallest absolute Gasteiger partial charge is 0.260 e. The van der Waals surface area contributed by atoms with Gasteiger partial charge in [-0.3, -0.25) is 4.79 Å². The second kappa shape index (κ2) is 7.01. The lowest BCUT2D eigenvalue weighted by Crippen LogP contribution is -2.37. The van der Waals surface area contributed by atoms with E-state index in [1.165, 1.54) is 0 Å². The van der Waals surface area contributed by atoms with Gasteiger partial charge in [0.25, 0.3) is 5.91 Å². The maximum atomic E-state index is 11.7. The number of aryl methyl sites for hydroxylation is 1. The SMILES string of the molecule is Cc1cccc(OC(C)C(=O)NCCC(C)O)c1. The molecule has 0 bridgehead atoms. The van der Waals surface area contributed by atoms with Gasteiger partial charge < -0.3 is 15.2 Å². The summed E-state index contributed by atoms with van der Waals surface area (Å²) in [5.74, 6) is 0.519. The first-order valence-electron chi connectivity index (χ1n) is 6.18. The molecule has 4 nitrogen and oxygen atoms in total. The number of hydrogen-bond acceptors (Lipinski definition) is 3. The summed E-state index contributed by atoms with van der Waals surface area (Å²) in [6.45, 7) is 5.83. The minimum Gasteiger partial charge on any atom is -0.481 e. The van der Waals surface area contributed by atoms with Crippen LogP contribution in [0, 0.1) is 6.92 Å². The highest BCUT2D eigenvalue weighted by atomic mass is 16.5. The van der Waals surface area contributed by atoms with Gasteiger partial charge in [-0.15, -0.1) is 0 Å². The van der Waals surface area contributed by atoms with Crippen LogP contribution < -0.4 is 10.1 Å². The van der Waals surface area contributed by atoms with Gasteiger partial charge in [0.15, 0.2) is 6.10 Å². The minimum atomic E-state index is -0.541. The van der Waals surface area contributed by atoms with Crippen molar-refractivity contribution in [3.05, 3.63) is 29.8 Å². The number of rotatable bonds is 6. The number of benzene rings is 1. The van der Waals surface area contributed by atoms with Crippen LogP contribution in [0.25, 0.3) is 0 Å². The normalized spacial score (nSPS) is 13.8. The van der Waals surface area contributed by atoms with Crippen molar-refractivity contribution in [3.8, 4) is 5.75 Å². The molecule has 1 aromatic rings. The lowest BCUT2D eigenvalue weighted by molar-refractivity contribution is -0.127. The van der Waals surface area contributed by atoms with Gasteiger partial charge in [-0.1, -0.05) is 12.1 Å². The number of ether oxygens (including phenoxy) is 1. The summed E-state index contributed by atoms with van der Waals surface area (Å²) < 4.78 is 5.54. The van der Waals surface area contributed by atoms with Crippen molar-refractivity contribution >= 4 is 5.91 Å². The Bertz CT molecular complexity index is 390. The van der Waals surface area contributed by atoms with Gasteiger partial charge in [0.05, 0.1) is 6.10 Å². The van der Waals surface area contributed by atoms with Crippen molar-refractivity contribution in [3.63, 3.8) is 0 Å². The topological polar surface area (TPSA) is 58.6 Å². The predicted octanol–water partition coefficient (Wildman–Crippen LogP) is 1.65. The molecule has 1 rings (SSSR count). The van der Waals surface area contributed by atoms with Crippen LogP contribution >= 0.6 is 0 Å². The molecule has 4 heteroatoms. The highest BCUT2D eigenvalue weighted by Crippen LogP contribution is 2.14. The molecule has 0 heterocycles. The molecule has 0 saturated heterocycles. The van der Waals surface area contributed by atoms with Gasteiger partial charge in [-0.25, -0.2) is 0 Å². The Kier molecular flexibility index (Phi) is 5.65. The van der Waals surface area contributed by atoms with E-state index in [0.717, 1.165) is 5.56 Å². The van der Waals surface area contributed by atoms with Gasteiger partial charge in [-0.05, 0) is 44.9 Å². The summed E-state index contributed by atoms with van der Waals surface area (Å²) >= 11 is 0. The van der Waals surface area contributed by atoms with Crippen molar-refractivity contribution in [2.24, 2.45) is 0 Å². The third-order valence-corrected chi connectivity index (χ3v) is 2.53. The van der Waals surface area contributed by atoms with E-state index >= 15 is 0 Å². The van der Waals surface area contributed by atoms with Crippen LogP contribution in [0.5, 0.6) is 5.75 Å². The molecular weight excluding hydrogens is 230 g/mol. The van der Waals surface area contributed by atoms with Crippen LogP contribution in [0.4, 0.5) is 0 Å². The summed E-state index contributed by atoms with van der Waals surface area (Å²) in [5, 5.41) is 11.8. The Morgan fingerprint density at radius 2 is 2.17 bits per heavy atom. The van der Waals surface area contributed by atoms with Crippen LogP contribution in [0.2, 0.25) is 0 Å². The van der Waals surface area contributed by atoms with Gasteiger partial charge in [0, 0.05) is 6.54 Å². The molecule has 0 spiro atoms. The summed E-state index contributed by atoms with van der Waals surface area (Å²) in [5.41, 5.74) is 1.09. The second-order valence-corrected chi connectivity index (χ2v) is 4.51. The van der Waals surface area contributed by atoms with Crippen molar-refractivity contribution in [2.75, 3.05) is 6.54 Å². The lowest BCUT2D eigenvalue weighted by atomic mass is 10.2. The van der Waals surface area contributed by atoms with E-state index in [0.29, 0.717) is 18.7 Å². The molecule has 0 fully saturated rings. The molecule has 2 unspecified atom stereocenters. The lowest BCUT2D eigenvalue weighted by Gasteiger charge is -2.15. The maximum absolute atomic E-state index is 11.7. The predicted molar refractivity (Wildman–Crippen MR) is 70.6 cm³/mol. The van der Waals surface area contributed by atoms with Gasteiger partial charge in [-0.2, -0.15) is 0 Å². The Labute approximate surface area is 108 Å². The maximum Gasteiger partial charge on any atom is 0.260 e. The molecule has 100 valence electrons. The van der Waals surface area contributed by atoms with Crippen molar-refractivity contribution < 1.29 is 14.6 Å². The number of hydrogen-bond donors (Lipinski definition) is 2. The average molecular weight is 251 g/mol. The molecular formula is C14H21NO3. The van der Waals surface area contributed by atoms with Gasteiger partial charge >= 0.3 is 0 Å². The first-order valence-corrected chi connectivity index (χ1v) is 6.18. The Hall–Kier alpha value is -1.55. The van der Waals surface area contributed by atoms with Crippen LogP contribution in [-0.2, 0) is 4.79 Å². The molecule has 2 atom stereocenters. The van der Waals surface area contributed by atoms with Crippen molar-refractivity contribution in [2.45, 2.75) is 39.4 Å². The number of carbonyl (C=O) groups excluding carboxylic acids is 1. The van der Waals surface area contributed by atoms with Crippen LogP contribution in [0.15, 0.2) is 24.3 Å². The van der Waals surface area contributed by atoms with E-state index in [-0.39, 0.29) is 5.91 Å². The third kappa shape index (κ3) is 5.19. The Morgan fingerprint density at radius 1 is 1.44 bits per heavy atom. The molecule has 0 aromatic heterocycles. The second-order valence-electron chi connectivity index (χ2n) is 4.51. The monoisotopic (exact) mass is 251 g/mol. The number of amides is 1. The minimum absolute atomic E-state index is 0.169. The number of carbonyl (C=O) groups is 1. The largest absolute Gasteiger partial charge is 0.481 e. The molecule has 0 aliphatic carbocycles. The fourth-order valence-corrected chi connectivity index (χ4v) is 1.49. The molecule has 18 heavy (non-hydrogen) atoms. The molecule has 1 aromatic carbocycles. The summed E-state index contributed by atoms with van der Waals surface area (Å²) in [6, 6.07) is 7.58. The van der Waals surface area contributed by atoms with E-state index in [9.17, 15) is 4.79 Å². The first-order chi connectivity index (χ1) is 8.49. The average Bonchev–Trinajstić information content (AvgIpc) is 2.28. The fourth-order valence-electron chi connectivity index (χ4n) is 1.49. The molecule has 0 aliphatic heterocycles.